The molecule has 0 aromatic rings. The van der Waals surface area contributed by atoms with Crippen LogP contribution >= 0.6 is 0 Å². The van der Waals surface area contributed by atoms with E-state index in [-0.39, 0.29) is 6.29 Å². The van der Waals surface area contributed by atoms with Gasteiger partial charge in [-0.3, -0.25) is 0 Å². The summed E-state index contributed by atoms with van der Waals surface area (Å²) in [5.41, 5.74) is 5.77. The molecule has 1 aliphatic rings. The van der Waals surface area contributed by atoms with Gasteiger partial charge in [0.1, 0.15) is 0 Å². The minimum Gasteiger partial charge on any atom is -0.376 e. The molecule has 0 aromatic carbocycles. The number of hydrogen-bond donors (Lipinski definition) is 1. The first kappa shape index (κ1) is 13.9. The first-order valence-corrected chi connectivity index (χ1v) is 6.15. The van der Waals surface area contributed by atoms with Crippen molar-refractivity contribution in [2.75, 3.05) is 34.0 Å². The molecule has 1 aliphatic carbocycles. The van der Waals surface area contributed by atoms with Crippen molar-refractivity contribution in [1.29, 1.82) is 0 Å². The van der Waals surface area contributed by atoms with Gasteiger partial charge in [0, 0.05) is 20.8 Å². The van der Waals surface area contributed by atoms with Crippen molar-refractivity contribution >= 4 is 0 Å². The second-order valence-electron chi connectivity index (χ2n) is 4.48. The second-order valence-corrected chi connectivity index (χ2v) is 4.48. The average molecular weight is 231 g/mol. The molecule has 16 heavy (non-hydrogen) atoms. The molecule has 96 valence electrons. The average Bonchev–Trinajstić information content (AvgIpc) is 2.35. The van der Waals surface area contributed by atoms with Gasteiger partial charge in [0.05, 0.1) is 6.61 Å². The Labute approximate surface area is 98.4 Å². The van der Waals surface area contributed by atoms with Crippen molar-refractivity contribution in [3.05, 3.63) is 0 Å². The molecule has 0 aromatic heterocycles. The van der Waals surface area contributed by atoms with Crippen LogP contribution in [0.1, 0.15) is 25.7 Å². The van der Waals surface area contributed by atoms with E-state index in [1.165, 1.54) is 25.7 Å². The summed E-state index contributed by atoms with van der Waals surface area (Å²) in [6.07, 6.45) is 4.87. The lowest BCUT2D eigenvalue weighted by molar-refractivity contribution is -0.144. The molecule has 2 atom stereocenters. The van der Waals surface area contributed by atoms with Crippen molar-refractivity contribution in [1.82, 2.24) is 0 Å². The van der Waals surface area contributed by atoms with E-state index in [4.69, 9.17) is 19.9 Å². The third-order valence-electron chi connectivity index (χ3n) is 3.48. The fourth-order valence-corrected chi connectivity index (χ4v) is 2.36. The van der Waals surface area contributed by atoms with Gasteiger partial charge in [0.25, 0.3) is 0 Å². The summed E-state index contributed by atoms with van der Waals surface area (Å²) in [5, 5.41) is 0. The lowest BCUT2D eigenvalue weighted by Gasteiger charge is -2.30. The molecule has 0 bridgehead atoms. The van der Waals surface area contributed by atoms with Crippen LogP contribution in [0.4, 0.5) is 0 Å². The van der Waals surface area contributed by atoms with E-state index in [1.54, 1.807) is 14.2 Å². The molecule has 0 saturated heterocycles. The quantitative estimate of drug-likeness (QED) is 0.673. The fourth-order valence-electron chi connectivity index (χ4n) is 2.36. The van der Waals surface area contributed by atoms with Gasteiger partial charge >= 0.3 is 0 Å². The molecule has 0 amide bonds. The van der Waals surface area contributed by atoms with Crippen molar-refractivity contribution in [2.45, 2.75) is 32.0 Å². The molecule has 1 fully saturated rings. The molecule has 0 heterocycles. The molecule has 0 aliphatic heterocycles. The van der Waals surface area contributed by atoms with Crippen LogP contribution in [0.2, 0.25) is 0 Å². The normalized spacial score (nSPS) is 26.2. The van der Waals surface area contributed by atoms with Crippen LogP contribution in [0.3, 0.4) is 0 Å². The lowest BCUT2D eigenvalue weighted by Crippen LogP contribution is -2.31. The first-order valence-electron chi connectivity index (χ1n) is 6.15. The SMILES string of the molecule is COC(COCC1CCCCC1CN)OC. The van der Waals surface area contributed by atoms with Crippen LogP contribution in [0.15, 0.2) is 0 Å². The molecule has 0 spiro atoms. The van der Waals surface area contributed by atoms with Gasteiger partial charge in [-0.05, 0) is 31.2 Å². The Morgan fingerprint density at radius 1 is 1.12 bits per heavy atom. The van der Waals surface area contributed by atoms with Crippen LogP contribution in [0.5, 0.6) is 0 Å². The van der Waals surface area contributed by atoms with Gasteiger partial charge in [-0.2, -0.15) is 0 Å². The van der Waals surface area contributed by atoms with E-state index in [0.717, 1.165) is 13.2 Å². The van der Waals surface area contributed by atoms with Gasteiger partial charge in [-0.15, -0.1) is 0 Å². The summed E-state index contributed by atoms with van der Waals surface area (Å²) in [7, 11) is 3.25. The molecular weight excluding hydrogens is 206 g/mol. The Balaban J connectivity index is 2.19. The summed E-state index contributed by atoms with van der Waals surface area (Å²) >= 11 is 0. The summed E-state index contributed by atoms with van der Waals surface area (Å²) in [4.78, 5) is 0. The molecule has 4 heteroatoms. The molecule has 2 N–H and O–H groups in total. The number of nitrogens with two attached hydrogens (primary N) is 1. The molecule has 1 saturated carbocycles. The van der Waals surface area contributed by atoms with E-state index in [0.29, 0.717) is 18.4 Å². The summed E-state index contributed by atoms with van der Waals surface area (Å²) < 4.78 is 15.8. The Hall–Kier alpha value is -0.160. The standard InChI is InChI=1S/C12H25NO3/c1-14-12(15-2)9-16-8-11-6-4-3-5-10(11)7-13/h10-12H,3-9,13H2,1-2H3. The van der Waals surface area contributed by atoms with Gasteiger partial charge in [0.2, 0.25) is 0 Å². The van der Waals surface area contributed by atoms with Crippen molar-refractivity contribution in [2.24, 2.45) is 17.6 Å². The Morgan fingerprint density at radius 2 is 1.75 bits per heavy atom. The van der Waals surface area contributed by atoms with E-state index in [9.17, 15) is 0 Å². The predicted molar refractivity (Wildman–Crippen MR) is 63.1 cm³/mol. The van der Waals surface area contributed by atoms with E-state index < -0.39 is 0 Å². The Morgan fingerprint density at radius 3 is 2.31 bits per heavy atom. The largest absolute Gasteiger partial charge is 0.376 e. The van der Waals surface area contributed by atoms with Crippen molar-refractivity contribution in [3.8, 4) is 0 Å². The smallest absolute Gasteiger partial charge is 0.180 e. The maximum Gasteiger partial charge on any atom is 0.180 e. The van der Waals surface area contributed by atoms with Gasteiger partial charge in [-0.25, -0.2) is 0 Å². The van der Waals surface area contributed by atoms with Crippen LogP contribution in [-0.2, 0) is 14.2 Å². The predicted octanol–water partition coefficient (Wildman–Crippen LogP) is 1.39. The molecule has 0 radical (unpaired) electrons. The zero-order valence-electron chi connectivity index (χ0n) is 10.5. The number of ether oxygens (including phenoxy) is 3. The van der Waals surface area contributed by atoms with Gasteiger partial charge < -0.3 is 19.9 Å². The molecular formula is C12H25NO3. The highest BCUT2D eigenvalue weighted by Gasteiger charge is 2.24. The van der Waals surface area contributed by atoms with Gasteiger partial charge in [0.15, 0.2) is 6.29 Å². The monoisotopic (exact) mass is 231 g/mol. The summed E-state index contributed by atoms with van der Waals surface area (Å²) in [5.74, 6) is 1.26. The summed E-state index contributed by atoms with van der Waals surface area (Å²) in [6.45, 7) is 2.07. The van der Waals surface area contributed by atoms with Gasteiger partial charge in [-0.1, -0.05) is 12.8 Å². The summed E-state index contributed by atoms with van der Waals surface area (Å²) in [6, 6.07) is 0. The zero-order chi connectivity index (χ0) is 11.8. The van der Waals surface area contributed by atoms with Crippen LogP contribution < -0.4 is 5.73 Å². The Kier molecular flexibility index (Phi) is 6.96. The van der Waals surface area contributed by atoms with Crippen LogP contribution in [-0.4, -0.2) is 40.3 Å². The van der Waals surface area contributed by atoms with Crippen molar-refractivity contribution < 1.29 is 14.2 Å². The highest BCUT2D eigenvalue weighted by molar-refractivity contribution is 4.75. The van der Waals surface area contributed by atoms with Crippen molar-refractivity contribution in [3.63, 3.8) is 0 Å². The lowest BCUT2D eigenvalue weighted by atomic mass is 9.80. The second kappa shape index (κ2) is 8.01. The minimum atomic E-state index is -0.250. The third kappa shape index (κ3) is 4.37. The molecule has 1 rings (SSSR count). The molecule has 2 unspecified atom stereocenters. The topological polar surface area (TPSA) is 53.7 Å². The maximum atomic E-state index is 5.77. The Bertz CT molecular complexity index is 174. The number of hydrogen-bond acceptors (Lipinski definition) is 4. The van der Waals surface area contributed by atoms with Crippen LogP contribution in [0, 0.1) is 11.8 Å². The van der Waals surface area contributed by atoms with E-state index in [2.05, 4.69) is 0 Å². The number of rotatable bonds is 7. The third-order valence-corrected chi connectivity index (χ3v) is 3.48. The fraction of sp³-hybridized carbons (Fsp3) is 1.00. The number of methoxy groups -OCH3 is 2. The van der Waals surface area contributed by atoms with E-state index in [1.807, 2.05) is 0 Å². The first-order chi connectivity index (χ1) is 7.81. The minimum absolute atomic E-state index is 0.250. The van der Waals surface area contributed by atoms with E-state index >= 15 is 0 Å². The zero-order valence-corrected chi connectivity index (χ0v) is 10.5. The molecule has 4 nitrogen and oxygen atoms in total. The highest BCUT2D eigenvalue weighted by Crippen LogP contribution is 2.29. The highest BCUT2D eigenvalue weighted by atomic mass is 16.7. The van der Waals surface area contributed by atoms with Crippen LogP contribution in [0.25, 0.3) is 0 Å². The maximum absolute atomic E-state index is 5.77.